The lowest BCUT2D eigenvalue weighted by molar-refractivity contribution is -0.127. The molecule has 0 aromatic heterocycles. The summed E-state index contributed by atoms with van der Waals surface area (Å²) < 4.78 is 40.1. The summed E-state index contributed by atoms with van der Waals surface area (Å²) in [6, 6.07) is 4.99. The number of hydrogen-bond acceptors (Lipinski definition) is 4. The highest BCUT2D eigenvalue weighted by atomic mass is 32.2. The largest absolute Gasteiger partial charge is 0.393 e. The summed E-state index contributed by atoms with van der Waals surface area (Å²) in [6.07, 6.45) is 3.78. The van der Waals surface area contributed by atoms with Crippen molar-refractivity contribution < 1.29 is 22.7 Å². The molecule has 144 valence electrons. The van der Waals surface area contributed by atoms with Crippen LogP contribution < -0.4 is 5.32 Å². The molecule has 0 bridgehead atoms. The topological polar surface area (TPSA) is 86.7 Å². The van der Waals surface area contributed by atoms with Crippen LogP contribution in [0.15, 0.2) is 29.2 Å². The fraction of sp³-hybridized carbons (Fsp3) is 0.611. The molecule has 2 aliphatic rings. The van der Waals surface area contributed by atoms with E-state index in [0.717, 1.165) is 18.9 Å². The lowest BCUT2D eigenvalue weighted by Gasteiger charge is -2.33. The number of aliphatic hydroxyl groups is 1. The van der Waals surface area contributed by atoms with Gasteiger partial charge in [-0.2, -0.15) is 4.31 Å². The van der Waals surface area contributed by atoms with E-state index in [2.05, 4.69) is 5.32 Å². The van der Waals surface area contributed by atoms with Crippen molar-refractivity contribution in [3.63, 3.8) is 0 Å². The van der Waals surface area contributed by atoms with E-state index < -0.39 is 21.8 Å². The number of carbonyl (C=O) groups is 1. The van der Waals surface area contributed by atoms with Gasteiger partial charge in [-0.1, -0.05) is 6.07 Å². The molecular formula is C18H25FN2O4S. The maximum absolute atomic E-state index is 13.4. The van der Waals surface area contributed by atoms with Gasteiger partial charge in [0.25, 0.3) is 0 Å². The first-order valence-electron chi connectivity index (χ1n) is 9.10. The van der Waals surface area contributed by atoms with Gasteiger partial charge < -0.3 is 10.4 Å². The molecule has 8 heteroatoms. The van der Waals surface area contributed by atoms with Crippen LogP contribution in [0.5, 0.6) is 0 Å². The number of benzene rings is 1. The second-order valence-electron chi connectivity index (χ2n) is 7.17. The van der Waals surface area contributed by atoms with Gasteiger partial charge in [-0.15, -0.1) is 0 Å². The molecule has 1 aliphatic heterocycles. The van der Waals surface area contributed by atoms with E-state index in [-0.39, 0.29) is 29.5 Å². The molecule has 1 saturated carbocycles. The minimum Gasteiger partial charge on any atom is -0.393 e. The molecule has 0 spiro atoms. The van der Waals surface area contributed by atoms with Gasteiger partial charge in [0, 0.05) is 19.1 Å². The molecular weight excluding hydrogens is 359 g/mol. The van der Waals surface area contributed by atoms with Crippen molar-refractivity contribution in [3.05, 3.63) is 30.1 Å². The van der Waals surface area contributed by atoms with Crippen molar-refractivity contribution in [2.75, 3.05) is 13.1 Å². The Balaban J connectivity index is 1.64. The molecule has 6 nitrogen and oxygen atoms in total. The van der Waals surface area contributed by atoms with Crippen molar-refractivity contribution in [2.45, 2.75) is 55.6 Å². The number of nitrogens with zero attached hydrogens (tertiary/aromatic N) is 1. The summed E-state index contributed by atoms with van der Waals surface area (Å²) in [5, 5.41) is 12.5. The molecule has 1 saturated heterocycles. The molecule has 26 heavy (non-hydrogen) atoms. The second kappa shape index (κ2) is 8.02. The highest BCUT2D eigenvalue weighted by molar-refractivity contribution is 7.89. The van der Waals surface area contributed by atoms with E-state index >= 15 is 0 Å². The van der Waals surface area contributed by atoms with Gasteiger partial charge >= 0.3 is 0 Å². The fourth-order valence-electron chi connectivity index (χ4n) is 3.69. The number of rotatable bonds is 4. The van der Waals surface area contributed by atoms with Gasteiger partial charge in [-0.05, 0) is 56.7 Å². The van der Waals surface area contributed by atoms with Crippen LogP contribution >= 0.6 is 0 Å². The SMILES string of the molecule is O=C(N[C@H]1CC[C@H](O)CC1)[C@H]1CCCN(S(=O)(=O)c2cccc(F)c2)C1. The van der Waals surface area contributed by atoms with Crippen LogP contribution in [0.1, 0.15) is 38.5 Å². The van der Waals surface area contributed by atoms with Gasteiger partial charge in [0.05, 0.1) is 16.9 Å². The summed E-state index contributed by atoms with van der Waals surface area (Å²) in [4.78, 5) is 12.5. The van der Waals surface area contributed by atoms with E-state index in [0.29, 0.717) is 32.2 Å². The summed E-state index contributed by atoms with van der Waals surface area (Å²) in [5.74, 6) is -1.14. The molecule has 3 rings (SSSR count). The molecule has 2 fully saturated rings. The first-order valence-corrected chi connectivity index (χ1v) is 10.5. The second-order valence-corrected chi connectivity index (χ2v) is 9.11. The summed E-state index contributed by atoms with van der Waals surface area (Å²) in [7, 11) is -3.81. The number of nitrogens with one attached hydrogen (secondary N) is 1. The molecule has 1 atom stereocenters. The quantitative estimate of drug-likeness (QED) is 0.826. The predicted octanol–water partition coefficient (Wildman–Crippen LogP) is 1.65. The highest BCUT2D eigenvalue weighted by Crippen LogP contribution is 2.25. The Morgan fingerprint density at radius 3 is 2.62 bits per heavy atom. The average Bonchev–Trinajstić information content (AvgIpc) is 2.63. The number of halogens is 1. The monoisotopic (exact) mass is 384 g/mol. The summed E-state index contributed by atoms with van der Waals surface area (Å²) in [5.41, 5.74) is 0. The van der Waals surface area contributed by atoms with Crippen LogP contribution in [-0.2, 0) is 14.8 Å². The Morgan fingerprint density at radius 2 is 1.92 bits per heavy atom. The van der Waals surface area contributed by atoms with Crippen LogP contribution in [-0.4, -0.2) is 49.0 Å². The molecule has 1 heterocycles. The van der Waals surface area contributed by atoms with Crippen molar-refractivity contribution in [1.82, 2.24) is 9.62 Å². The normalized spacial score (nSPS) is 27.8. The molecule has 1 aromatic carbocycles. The number of piperidine rings is 1. The molecule has 2 N–H and O–H groups in total. The predicted molar refractivity (Wildman–Crippen MR) is 94.3 cm³/mol. The van der Waals surface area contributed by atoms with Crippen molar-refractivity contribution in [1.29, 1.82) is 0 Å². The first-order chi connectivity index (χ1) is 12.4. The molecule has 1 aliphatic carbocycles. The third kappa shape index (κ3) is 4.42. The summed E-state index contributed by atoms with van der Waals surface area (Å²) in [6.45, 7) is 0.443. The Morgan fingerprint density at radius 1 is 1.19 bits per heavy atom. The third-order valence-corrected chi connectivity index (χ3v) is 7.09. The van der Waals surface area contributed by atoms with Crippen LogP contribution in [0.2, 0.25) is 0 Å². The number of hydrogen-bond donors (Lipinski definition) is 2. The Hall–Kier alpha value is -1.51. The third-order valence-electron chi connectivity index (χ3n) is 5.23. The van der Waals surface area contributed by atoms with Gasteiger partial charge in [0.2, 0.25) is 15.9 Å². The molecule has 0 unspecified atom stereocenters. The smallest absolute Gasteiger partial charge is 0.243 e. The van der Waals surface area contributed by atoms with Crippen molar-refractivity contribution in [3.8, 4) is 0 Å². The first kappa shape index (κ1) is 19.3. The standard InChI is InChI=1S/C18H25FN2O4S/c19-14-4-1-5-17(11-14)26(24,25)21-10-2-3-13(12-21)18(23)20-15-6-8-16(22)9-7-15/h1,4-5,11,13,15-16,22H,2-3,6-10,12H2,(H,20,23)/t13-,15-,16-/m0/s1. The maximum atomic E-state index is 13.4. The van der Waals surface area contributed by atoms with Gasteiger partial charge in [0.15, 0.2) is 0 Å². The van der Waals surface area contributed by atoms with E-state index in [1.807, 2.05) is 0 Å². The van der Waals surface area contributed by atoms with Gasteiger partial charge in [-0.3, -0.25) is 4.79 Å². The Kier molecular flexibility index (Phi) is 5.94. The zero-order valence-electron chi connectivity index (χ0n) is 14.6. The van der Waals surface area contributed by atoms with E-state index in [1.165, 1.54) is 22.5 Å². The van der Waals surface area contributed by atoms with E-state index in [1.54, 1.807) is 0 Å². The number of sulfonamides is 1. The van der Waals surface area contributed by atoms with E-state index in [9.17, 15) is 22.7 Å². The van der Waals surface area contributed by atoms with Gasteiger partial charge in [-0.25, -0.2) is 12.8 Å². The minimum absolute atomic E-state index is 0.0427. The number of carbonyl (C=O) groups excluding carboxylic acids is 1. The molecule has 1 aromatic rings. The zero-order chi connectivity index (χ0) is 18.7. The Labute approximate surface area is 153 Å². The van der Waals surface area contributed by atoms with Crippen LogP contribution in [0.3, 0.4) is 0 Å². The lowest BCUT2D eigenvalue weighted by atomic mass is 9.92. The average molecular weight is 384 g/mol. The minimum atomic E-state index is -3.81. The lowest BCUT2D eigenvalue weighted by Crippen LogP contribution is -2.48. The maximum Gasteiger partial charge on any atom is 0.243 e. The van der Waals surface area contributed by atoms with Crippen LogP contribution in [0.4, 0.5) is 4.39 Å². The van der Waals surface area contributed by atoms with Crippen LogP contribution in [0, 0.1) is 11.7 Å². The zero-order valence-corrected chi connectivity index (χ0v) is 15.4. The molecule has 1 amide bonds. The van der Waals surface area contributed by atoms with Gasteiger partial charge in [0.1, 0.15) is 5.82 Å². The van der Waals surface area contributed by atoms with E-state index in [4.69, 9.17) is 0 Å². The fourth-order valence-corrected chi connectivity index (χ4v) is 5.25. The Bertz CT molecular complexity index is 747. The van der Waals surface area contributed by atoms with Crippen LogP contribution in [0.25, 0.3) is 0 Å². The number of amides is 1. The summed E-state index contributed by atoms with van der Waals surface area (Å²) >= 11 is 0. The molecule has 0 radical (unpaired) electrons. The highest BCUT2D eigenvalue weighted by Gasteiger charge is 2.34. The van der Waals surface area contributed by atoms with Crippen molar-refractivity contribution in [2.24, 2.45) is 5.92 Å². The van der Waals surface area contributed by atoms with Crippen molar-refractivity contribution >= 4 is 15.9 Å². The number of aliphatic hydroxyl groups excluding tert-OH is 1.